The maximum absolute atomic E-state index is 5.86. The fraction of sp³-hybridized carbons (Fsp3) is 0.250. The maximum Gasteiger partial charge on any atom is 0.161 e. The molecule has 0 saturated heterocycles. The number of rotatable bonds is 8. The van der Waals surface area contributed by atoms with E-state index in [1.807, 2.05) is 44.4 Å². The zero-order valence-corrected chi connectivity index (χ0v) is 21.1. The Balaban J connectivity index is 0.00000324. The van der Waals surface area contributed by atoms with E-state index in [9.17, 15) is 0 Å². The number of pyridine rings is 1. The van der Waals surface area contributed by atoms with Gasteiger partial charge in [0.25, 0.3) is 0 Å². The summed E-state index contributed by atoms with van der Waals surface area (Å²) in [5.41, 5.74) is 5.06. The molecule has 6 heteroatoms. The van der Waals surface area contributed by atoms with Crippen molar-refractivity contribution in [3.05, 3.63) is 72.3 Å². The van der Waals surface area contributed by atoms with Crippen LogP contribution in [0.15, 0.2) is 66.7 Å². The summed E-state index contributed by atoms with van der Waals surface area (Å²) >= 11 is 0. The first kappa shape index (κ1) is 25.3. The quantitative estimate of drug-likeness (QED) is 0.299. The van der Waals surface area contributed by atoms with Gasteiger partial charge in [0.2, 0.25) is 0 Å². The van der Waals surface area contributed by atoms with Gasteiger partial charge in [-0.05, 0) is 74.9 Å². The molecule has 178 valence electrons. The van der Waals surface area contributed by atoms with Crippen LogP contribution < -0.4 is 14.2 Å². The van der Waals surface area contributed by atoms with E-state index in [4.69, 9.17) is 19.2 Å². The largest absolute Gasteiger partial charge is 0.493 e. The van der Waals surface area contributed by atoms with Gasteiger partial charge in [0.1, 0.15) is 12.4 Å². The molecule has 1 aromatic heterocycles. The van der Waals surface area contributed by atoms with Gasteiger partial charge in [-0.3, -0.25) is 0 Å². The van der Waals surface area contributed by atoms with Gasteiger partial charge in [-0.1, -0.05) is 23.8 Å². The summed E-state index contributed by atoms with van der Waals surface area (Å²) in [6, 6.07) is 22.7. The summed E-state index contributed by atoms with van der Waals surface area (Å²) in [7, 11) is 7.36. The van der Waals surface area contributed by atoms with Crippen molar-refractivity contribution in [1.82, 2.24) is 9.88 Å². The molecular weight excluding hydrogens is 448 g/mol. The van der Waals surface area contributed by atoms with Gasteiger partial charge in [-0.2, -0.15) is 0 Å². The van der Waals surface area contributed by atoms with Crippen LogP contribution in [0.1, 0.15) is 5.56 Å². The summed E-state index contributed by atoms with van der Waals surface area (Å²) < 4.78 is 16.8. The summed E-state index contributed by atoms with van der Waals surface area (Å²) in [4.78, 5) is 7.18. The predicted molar refractivity (Wildman–Crippen MR) is 142 cm³/mol. The van der Waals surface area contributed by atoms with Crippen LogP contribution in [0.25, 0.3) is 33.3 Å². The van der Waals surface area contributed by atoms with Crippen LogP contribution in [0.5, 0.6) is 17.2 Å². The number of aryl methyl sites for hydroxylation is 1. The molecule has 0 atom stereocenters. The van der Waals surface area contributed by atoms with Crippen LogP contribution in [0.4, 0.5) is 0 Å². The molecule has 3 aromatic carbocycles. The molecule has 0 spiro atoms. The average Bonchev–Trinajstić information content (AvgIpc) is 2.83. The molecule has 0 bridgehead atoms. The van der Waals surface area contributed by atoms with Crippen molar-refractivity contribution in [3.8, 4) is 39.8 Å². The number of likely N-dealkylation sites (N-methyl/N-ethyl adjacent to an activating group) is 1. The van der Waals surface area contributed by atoms with Gasteiger partial charge in [0, 0.05) is 23.1 Å². The Labute approximate surface area is 207 Å². The van der Waals surface area contributed by atoms with Crippen molar-refractivity contribution in [1.29, 1.82) is 0 Å². The Morgan fingerprint density at radius 3 is 2.18 bits per heavy atom. The minimum Gasteiger partial charge on any atom is -0.493 e. The number of ether oxygens (including phenoxy) is 3. The normalized spacial score (nSPS) is 10.8. The summed E-state index contributed by atoms with van der Waals surface area (Å²) in [6.45, 7) is 3.64. The van der Waals surface area contributed by atoms with E-state index in [1.165, 1.54) is 5.56 Å². The van der Waals surface area contributed by atoms with Crippen LogP contribution in [-0.4, -0.2) is 51.4 Å². The van der Waals surface area contributed by atoms with Gasteiger partial charge in [-0.15, -0.1) is 12.4 Å². The van der Waals surface area contributed by atoms with Crippen LogP contribution in [0, 0.1) is 6.92 Å². The second-order valence-electron chi connectivity index (χ2n) is 8.33. The Morgan fingerprint density at radius 2 is 1.50 bits per heavy atom. The van der Waals surface area contributed by atoms with Gasteiger partial charge in [0.05, 0.1) is 25.6 Å². The minimum absolute atomic E-state index is 0. The Bertz CT molecular complexity index is 1260. The highest BCUT2D eigenvalue weighted by Gasteiger charge is 2.13. The monoisotopic (exact) mass is 478 g/mol. The number of hydrogen-bond acceptors (Lipinski definition) is 5. The minimum atomic E-state index is 0. The topological polar surface area (TPSA) is 43.8 Å². The van der Waals surface area contributed by atoms with E-state index in [1.54, 1.807) is 14.2 Å². The lowest BCUT2D eigenvalue weighted by Gasteiger charge is -2.14. The van der Waals surface area contributed by atoms with E-state index in [-0.39, 0.29) is 12.4 Å². The smallest absolute Gasteiger partial charge is 0.161 e. The van der Waals surface area contributed by atoms with Gasteiger partial charge >= 0.3 is 0 Å². The lowest BCUT2D eigenvalue weighted by atomic mass is 9.99. The third-order valence-electron chi connectivity index (χ3n) is 5.60. The molecule has 5 nitrogen and oxygen atoms in total. The van der Waals surface area contributed by atoms with Gasteiger partial charge < -0.3 is 19.1 Å². The summed E-state index contributed by atoms with van der Waals surface area (Å²) in [6.07, 6.45) is 0. The van der Waals surface area contributed by atoms with Crippen molar-refractivity contribution in [3.63, 3.8) is 0 Å². The Morgan fingerprint density at radius 1 is 0.794 bits per heavy atom. The molecule has 4 aromatic rings. The van der Waals surface area contributed by atoms with E-state index in [0.29, 0.717) is 18.1 Å². The molecule has 0 amide bonds. The van der Waals surface area contributed by atoms with Crippen LogP contribution in [0.3, 0.4) is 0 Å². The van der Waals surface area contributed by atoms with Gasteiger partial charge in [0.15, 0.2) is 11.5 Å². The standard InChI is InChI=1S/C28H30N2O3.ClH/c1-19-6-12-24-22(16-19)17-25(21-9-13-26(31-4)27(18-21)32-5)29-28(24)20-7-10-23(11-8-20)33-15-14-30(2)3;/h6-13,16-18H,14-15H2,1-5H3;1H. The van der Waals surface area contributed by atoms with Crippen molar-refractivity contribution in [2.75, 3.05) is 41.5 Å². The first-order chi connectivity index (χ1) is 16.0. The van der Waals surface area contributed by atoms with E-state index in [0.717, 1.165) is 45.6 Å². The van der Waals surface area contributed by atoms with Crippen molar-refractivity contribution >= 4 is 23.2 Å². The van der Waals surface area contributed by atoms with Crippen molar-refractivity contribution in [2.45, 2.75) is 6.92 Å². The van der Waals surface area contributed by atoms with Gasteiger partial charge in [-0.25, -0.2) is 4.98 Å². The number of aromatic nitrogens is 1. The molecular formula is C28H31ClN2O3. The molecule has 0 aliphatic heterocycles. The molecule has 0 radical (unpaired) electrons. The van der Waals surface area contributed by atoms with E-state index >= 15 is 0 Å². The lowest BCUT2D eigenvalue weighted by molar-refractivity contribution is 0.261. The number of nitrogens with zero attached hydrogens (tertiary/aromatic N) is 2. The van der Waals surface area contributed by atoms with Crippen LogP contribution >= 0.6 is 12.4 Å². The van der Waals surface area contributed by atoms with E-state index in [2.05, 4.69) is 48.2 Å². The van der Waals surface area contributed by atoms with Crippen molar-refractivity contribution < 1.29 is 14.2 Å². The van der Waals surface area contributed by atoms with Crippen LogP contribution in [0.2, 0.25) is 0 Å². The molecule has 34 heavy (non-hydrogen) atoms. The predicted octanol–water partition coefficient (Wildman–Crippen LogP) is 6.26. The molecule has 4 rings (SSSR count). The first-order valence-electron chi connectivity index (χ1n) is 11.0. The third-order valence-corrected chi connectivity index (χ3v) is 5.60. The molecule has 0 saturated carbocycles. The molecule has 0 aliphatic carbocycles. The molecule has 0 N–H and O–H groups in total. The maximum atomic E-state index is 5.86. The highest BCUT2D eigenvalue weighted by atomic mass is 35.5. The number of halogens is 1. The lowest BCUT2D eigenvalue weighted by Crippen LogP contribution is -2.19. The fourth-order valence-electron chi connectivity index (χ4n) is 3.80. The highest BCUT2D eigenvalue weighted by molar-refractivity contribution is 5.97. The first-order valence-corrected chi connectivity index (χ1v) is 11.0. The second kappa shape index (κ2) is 11.2. The zero-order valence-electron chi connectivity index (χ0n) is 20.3. The Kier molecular flexibility index (Phi) is 8.37. The SMILES string of the molecule is COc1ccc(-c2cc3cc(C)ccc3c(-c3ccc(OCCN(C)C)cc3)n2)cc1OC.Cl. The van der Waals surface area contributed by atoms with Crippen LogP contribution in [-0.2, 0) is 0 Å². The van der Waals surface area contributed by atoms with E-state index < -0.39 is 0 Å². The summed E-state index contributed by atoms with van der Waals surface area (Å²) in [5.74, 6) is 2.24. The fourth-order valence-corrected chi connectivity index (χ4v) is 3.80. The number of benzene rings is 3. The molecule has 1 heterocycles. The number of hydrogen-bond donors (Lipinski definition) is 0. The second-order valence-corrected chi connectivity index (χ2v) is 8.33. The number of methoxy groups -OCH3 is 2. The zero-order chi connectivity index (χ0) is 23.4. The number of fused-ring (bicyclic) bond motifs is 1. The summed E-state index contributed by atoms with van der Waals surface area (Å²) in [5, 5.41) is 2.27. The molecule has 0 aliphatic rings. The molecule has 0 fully saturated rings. The average molecular weight is 479 g/mol. The third kappa shape index (κ3) is 5.61. The Hall–Kier alpha value is -3.28. The molecule has 0 unspecified atom stereocenters. The van der Waals surface area contributed by atoms with Crippen molar-refractivity contribution in [2.24, 2.45) is 0 Å². The highest BCUT2D eigenvalue weighted by Crippen LogP contribution is 2.36.